The Balaban J connectivity index is 2.01. The van der Waals surface area contributed by atoms with E-state index in [1.54, 1.807) is 16.7 Å². The molecule has 1 aliphatic heterocycles. The Kier molecular flexibility index (Phi) is 5.79. The molecular weight excluding hydrogens is 288 g/mol. The summed E-state index contributed by atoms with van der Waals surface area (Å²) in [6, 6.07) is -0.122. The van der Waals surface area contributed by atoms with Crippen LogP contribution in [0.3, 0.4) is 0 Å². The molecule has 5 nitrogen and oxygen atoms in total. The fourth-order valence-corrected chi connectivity index (χ4v) is 3.72. The molecule has 0 radical (unpaired) electrons. The number of amides is 2. The number of carbonyl (C=O) groups is 2. The third kappa shape index (κ3) is 4.28. The van der Waals surface area contributed by atoms with Crippen LogP contribution in [-0.4, -0.2) is 47.2 Å². The van der Waals surface area contributed by atoms with Gasteiger partial charge in [0.25, 0.3) is 0 Å². The first-order valence-electron chi connectivity index (χ1n) is 7.85. The van der Waals surface area contributed by atoms with Crippen molar-refractivity contribution in [2.45, 2.75) is 51.5 Å². The predicted octanol–water partition coefficient (Wildman–Crippen LogP) is 2.60. The molecule has 1 N–H and O–H groups in total. The summed E-state index contributed by atoms with van der Waals surface area (Å²) < 4.78 is 5.43. The number of hydrogen-bond acceptors (Lipinski definition) is 4. The van der Waals surface area contributed by atoms with Crippen molar-refractivity contribution in [1.82, 2.24) is 10.2 Å². The molecule has 0 aromatic heterocycles. The highest BCUT2D eigenvalue weighted by Crippen LogP contribution is 2.30. The molecule has 0 unspecified atom stereocenters. The Morgan fingerprint density at radius 3 is 2.57 bits per heavy atom. The maximum absolute atomic E-state index is 12.5. The van der Waals surface area contributed by atoms with Crippen molar-refractivity contribution in [2.75, 3.05) is 24.8 Å². The number of hydrogen-bond donors (Lipinski definition) is 1. The number of thioether (sulfide) groups is 1. The van der Waals surface area contributed by atoms with E-state index < -0.39 is 5.54 Å². The van der Waals surface area contributed by atoms with E-state index in [9.17, 15) is 9.59 Å². The van der Waals surface area contributed by atoms with Crippen LogP contribution in [0.2, 0.25) is 0 Å². The molecule has 2 fully saturated rings. The molecule has 2 amide bonds. The van der Waals surface area contributed by atoms with Crippen molar-refractivity contribution >= 4 is 23.8 Å². The van der Waals surface area contributed by atoms with E-state index >= 15 is 0 Å². The van der Waals surface area contributed by atoms with Gasteiger partial charge in [-0.1, -0.05) is 33.1 Å². The topological polar surface area (TPSA) is 58.6 Å². The zero-order valence-corrected chi connectivity index (χ0v) is 13.8. The van der Waals surface area contributed by atoms with Crippen molar-refractivity contribution in [3.8, 4) is 0 Å². The Morgan fingerprint density at radius 2 is 2.00 bits per heavy atom. The van der Waals surface area contributed by atoms with E-state index in [1.807, 2.05) is 13.8 Å². The molecule has 0 aromatic rings. The van der Waals surface area contributed by atoms with Gasteiger partial charge in [-0.15, -0.1) is 11.8 Å². The zero-order chi connectivity index (χ0) is 15.3. The van der Waals surface area contributed by atoms with Crippen LogP contribution in [-0.2, 0) is 9.53 Å². The third-order valence-electron chi connectivity index (χ3n) is 4.03. The number of rotatable bonds is 4. The molecule has 1 saturated carbocycles. The van der Waals surface area contributed by atoms with Gasteiger partial charge in [0, 0.05) is 12.3 Å². The van der Waals surface area contributed by atoms with Gasteiger partial charge in [-0.05, 0) is 18.8 Å². The van der Waals surface area contributed by atoms with Gasteiger partial charge in [0.15, 0.2) is 0 Å². The fraction of sp³-hybridized carbons (Fsp3) is 0.867. The highest BCUT2D eigenvalue weighted by atomic mass is 32.2. The molecule has 0 aromatic carbocycles. The summed E-state index contributed by atoms with van der Waals surface area (Å²) >= 11 is 1.74. The lowest BCUT2D eigenvalue weighted by molar-refractivity contribution is -0.154. The molecule has 21 heavy (non-hydrogen) atoms. The van der Waals surface area contributed by atoms with Gasteiger partial charge in [0.2, 0.25) is 0 Å². The molecule has 1 saturated heterocycles. The molecule has 6 heteroatoms. The summed E-state index contributed by atoms with van der Waals surface area (Å²) in [6.07, 6.45) is 4.43. The van der Waals surface area contributed by atoms with E-state index in [0.29, 0.717) is 31.2 Å². The second-order valence-electron chi connectivity index (χ2n) is 6.37. The van der Waals surface area contributed by atoms with Gasteiger partial charge in [-0.3, -0.25) is 0 Å². The van der Waals surface area contributed by atoms with Crippen LogP contribution in [0, 0.1) is 5.92 Å². The van der Waals surface area contributed by atoms with Crippen molar-refractivity contribution in [3.05, 3.63) is 0 Å². The predicted molar refractivity (Wildman–Crippen MR) is 84.2 cm³/mol. The number of carbonyl (C=O) groups excluding carboxylic acids is 2. The highest BCUT2D eigenvalue weighted by Gasteiger charge is 2.43. The Hall–Kier alpha value is -0.910. The first kappa shape index (κ1) is 16.5. The molecule has 1 aliphatic carbocycles. The van der Waals surface area contributed by atoms with Crippen molar-refractivity contribution < 1.29 is 14.3 Å². The minimum atomic E-state index is -0.808. The van der Waals surface area contributed by atoms with Crippen LogP contribution in [0.25, 0.3) is 0 Å². The molecule has 0 bridgehead atoms. The second-order valence-corrected chi connectivity index (χ2v) is 7.44. The monoisotopic (exact) mass is 314 g/mol. The lowest BCUT2D eigenvalue weighted by Gasteiger charge is -2.36. The summed E-state index contributed by atoms with van der Waals surface area (Å²) in [7, 11) is 0. The fourth-order valence-electron chi connectivity index (χ4n) is 2.77. The summed E-state index contributed by atoms with van der Waals surface area (Å²) in [5.74, 6) is 1.73. The first-order chi connectivity index (χ1) is 10.0. The van der Waals surface area contributed by atoms with E-state index in [1.165, 1.54) is 0 Å². The summed E-state index contributed by atoms with van der Waals surface area (Å²) in [5.41, 5.74) is -0.808. The third-order valence-corrected chi connectivity index (χ3v) is 5.00. The van der Waals surface area contributed by atoms with Crippen molar-refractivity contribution in [3.63, 3.8) is 0 Å². The maximum atomic E-state index is 12.5. The Bertz CT molecular complexity index is 375. The van der Waals surface area contributed by atoms with Gasteiger partial charge in [-0.25, -0.2) is 9.59 Å². The maximum Gasteiger partial charge on any atom is 0.331 e. The SMILES string of the molecule is CC(C)COC(=O)C1(NC(=O)N2CCSC2)CCCCC1. The lowest BCUT2D eigenvalue weighted by atomic mass is 9.81. The minimum absolute atomic E-state index is 0.122. The first-order valence-corrected chi connectivity index (χ1v) is 9.01. The van der Waals surface area contributed by atoms with Gasteiger partial charge >= 0.3 is 12.0 Å². The molecule has 0 atom stereocenters. The lowest BCUT2D eigenvalue weighted by Crippen LogP contribution is -2.59. The number of nitrogens with zero attached hydrogens (tertiary/aromatic N) is 1. The Morgan fingerprint density at radius 1 is 1.29 bits per heavy atom. The summed E-state index contributed by atoms with van der Waals surface area (Å²) in [6.45, 7) is 5.20. The van der Waals surface area contributed by atoms with Crippen LogP contribution < -0.4 is 5.32 Å². The smallest absolute Gasteiger partial charge is 0.331 e. The van der Waals surface area contributed by atoms with Crippen LogP contribution in [0.15, 0.2) is 0 Å². The van der Waals surface area contributed by atoms with E-state index in [2.05, 4.69) is 5.32 Å². The molecule has 120 valence electrons. The molecular formula is C15H26N2O3S. The van der Waals surface area contributed by atoms with E-state index in [-0.39, 0.29) is 12.0 Å². The largest absolute Gasteiger partial charge is 0.464 e. The van der Waals surface area contributed by atoms with Gasteiger partial charge < -0.3 is 15.0 Å². The number of urea groups is 1. The quantitative estimate of drug-likeness (QED) is 0.810. The second kappa shape index (κ2) is 7.38. The summed E-state index contributed by atoms with van der Waals surface area (Å²) in [4.78, 5) is 26.6. The Labute approximate surface area is 131 Å². The van der Waals surface area contributed by atoms with E-state index in [4.69, 9.17) is 4.74 Å². The number of ether oxygens (including phenoxy) is 1. The molecule has 1 heterocycles. The number of esters is 1. The minimum Gasteiger partial charge on any atom is -0.464 e. The van der Waals surface area contributed by atoms with Crippen LogP contribution in [0.4, 0.5) is 4.79 Å². The van der Waals surface area contributed by atoms with Crippen LogP contribution >= 0.6 is 11.8 Å². The van der Waals surface area contributed by atoms with Crippen LogP contribution in [0.1, 0.15) is 46.0 Å². The standard InChI is InChI=1S/C15H26N2O3S/c1-12(2)10-20-13(18)15(6-4-3-5-7-15)16-14(19)17-8-9-21-11-17/h12H,3-11H2,1-2H3,(H,16,19). The summed E-state index contributed by atoms with van der Waals surface area (Å²) in [5, 5.41) is 3.00. The van der Waals surface area contributed by atoms with Gasteiger partial charge in [-0.2, -0.15) is 0 Å². The molecule has 0 spiro atoms. The van der Waals surface area contributed by atoms with Crippen molar-refractivity contribution in [2.24, 2.45) is 5.92 Å². The molecule has 2 rings (SSSR count). The van der Waals surface area contributed by atoms with Crippen molar-refractivity contribution in [1.29, 1.82) is 0 Å². The molecule has 2 aliphatic rings. The average Bonchev–Trinajstić information content (AvgIpc) is 3.00. The zero-order valence-electron chi connectivity index (χ0n) is 13.0. The normalized spacial score (nSPS) is 21.4. The van der Waals surface area contributed by atoms with Gasteiger partial charge in [0.1, 0.15) is 5.54 Å². The van der Waals surface area contributed by atoms with Gasteiger partial charge in [0.05, 0.1) is 12.5 Å². The average molecular weight is 314 g/mol. The number of nitrogens with one attached hydrogen (secondary N) is 1. The van der Waals surface area contributed by atoms with E-state index in [0.717, 1.165) is 31.6 Å². The highest BCUT2D eigenvalue weighted by molar-refractivity contribution is 7.99. The van der Waals surface area contributed by atoms with Crippen LogP contribution in [0.5, 0.6) is 0 Å².